The topological polar surface area (TPSA) is 37.9 Å². The van der Waals surface area contributed by atoms with E-state index in [2.05, 4.69) is 16.9 Å². The van der Waals surface area contributed by atoms with Gasteiger partial charge in [-0.3, -0.25) is 0 Å². The van der Waals surface area contributed by atoms with E-state index in [1.165, 1.54) is 0 Å². The third kappa shape index (κ3) is 2.88. The van der Waals surface area contributed by atoms with Crippen molar-refractivity contribution in [2.45, 2.75) is 26.4 Å². The molecule has 3 rings (SSSR count). The van der Waals surface area contributed by atoms with Crippen molar-refractivity contribution in [2.24, 2.45) is 0 Å². The molecule has 1 N–H and O–H groups in total. The van der Waals surface area contributed by atoms with Crippen LogP contribution in [0.3, 0.4) is 0 Å². The summed E-state index contributed by atoms with van der Waals surface area (Å²) < 4.78 is 5.78. The second-order valence-electron chi connectivity index (χ2n) is 5.08. The zero-order valence-corrected chi connectivity index (χ0v) is 12.8. The second kappa shape index (κ2) is 5.78. The number of hydrogen-bond acceptors (Lipinski definition) is 2. The summed E-state index contributed by atoms with van der Waals surface area (Å²) in [4.78, 5) is 7.88. The lowest BCUT2D eigenvalue weighted by molar-refractivity contribution is 0.217. The summed E-state index contributed by atoms with van der Waals surface area (Å²) in [5, 5.41) is 0.605. The molecule has 108 valence electrons. The minimum Gasteiger partial charge on any atom is -0.489 e. The fraction of sp³-hybridized carbons (Fsp3) is 0.235. The molecule has 0 radical (unpaired) electrons. The van der Waals surface area contributed by atoms with Gasteiger partial charge in [-0.05, 0) is 43.7 Å². The van der Waals surface area contributed by atoms with E-state index in [1.807, 2.05) is 49.4 Å². The second-order valence-corrected chi connectivity index (χ2v) is 5.49. The van der Waals surface area contributed by atoms with E-state index >= 15 is 0 Å². The molecule has 0 aliphatic carbocycles. The lowest BCUT2D eigenvalue weighted by Gasteiger charge is -2.14. The normalized spacial score (nSPS) is 12.5. The number of fused-ring (bicyclic) bond motifs is 1. The predicted molar refractivity (Wildman–Crippen MR) is 86.9 cm³/mol. The van der Waals surface area contributed by atoms with Gasteiger partial charge in [0, 0.05) is 5.56 Å². The van der Waals surface area contributed by atoms with E-state index in [9.17, 15) is 0 Å². The largest absolute Gasteiger partial charge is 0.489 e. The maximum Gasteiger partial charge on any atom is 0.138 e. The van der Waals surface area contributed by atoms with Gasteiger partial charge in [-0.25, -0.2) is 4.98 Å². The molecule has 0 aliphatic heterocycles. The van der Waals surface area contributed by atoms with Gasteiger partial charge < -0.3 is 9.72 Å². The van der Waals surface area contributed by atoms with Gasteiger partial charge in [0.25, 0.3) is 0 Å². The van der Waals surface area contributed by atoms with Gasteiger partial charge in [0.1, 0.15) is 11.6 Å². The summed E-state index contributed by atoms with van der Waals surface area (Å²) in [7, 11) is 0. The predicted octanol–water partition coefficient (Wildman–Crippen LogP) is 5.06. The number of hydrogen-bond donors (Lipinski definition) is 1. The summed E-state index contributed by atoms with van der Waals surface area (Å²) in [6.07, 6.45) is 1.10. The van der Waals surface area contributed by atoms with Crippen molar-refractivity contribution >= 4 is 22.6 Å². The molecule has 4 heteroatoms. The van der Waals surface area contributed by atoms with E-state index in [1.54, 1.807) is 0 Å². The number of benzene rings is 2. The Labute approximate surface area is 128 Å². The smallest absolute Gasteiger partial charge is 0.138 e. The number of ether oxygens (including phenoxy) is 1. The Bertz CT molecular complexity index is 733. The molecule has 0 fully saturated rings. The molecule has 1 heterocycles. The Morgan fingerprint density at radius 3 is 2.76 bits per heavy atom. The highest BCUT2D eigenvalue weighted by molar-refractivity contribution is 6.32. The Morgan fingerprint density at radius 2 is 2.05 bits per heavy atom. The van der Waals surface area contributed by atoms with Gasteiger partial charge in [-0.15, -0.1) is 0 Å². The molecule has 3 aromatic rings. The summed E-state index contributed by atoms with van der Waals surface area (Å²) >= 11 is 6.31. The van der Waals surface area contributed by atoms with Crippen molar-refractivity contribution in [2.75, 3.05) is 0 Å². The van der Waals surface area contributed by atoms with E-state index in [0.29, 0.717) is 10.8 Å². The van der Waals surface area contributed by atoms with Crippen LogP contribution in [0.5, 0.6) is 5.75 Å². The highest BCUT2D eigenvalue weighted by Crippen LogP contribution is 2.31. The van der Waals surface area contributed by atoms with Gasteiger partial charge in [0.05, 0.1) is 22.2 Å². The molecule has 1 aromatic heterocycles. The number of imidazole rings is 1. The molecular weight excluding hydrogens is 284 g/mol. The molecule has 21 heavy (non-hydrogen) atoms. The fourth-order valence-corrected chi connectivity index (χ4v) is 2.36. The van der Waals surface area contributed by atoms with Crippen LogP contribution in [0, 0.1) is 0 Å². The first-order valence-corrected chi connectivity index (χ1v) is 7.46. The van der Waals surface area contributed by atoms with Crippen LogP contribution in [0.25, 0.3) is 22.4 Å². The molecule has 1 atom stereocenters. The van der Waals surface area contributed by atoms with Crippen molar-refractivity contribution in [1.29, 1.82) is 0 Å². The SMILES string of the molecule is CCC(C)Oc1ccc(-c2nc3ccccc3[nH]2)cc1Cl. The lowest BCUT2D eigenvalue weighted by Crippen LogP contribution is -2.09. The van der Waals surface area contributed by atoms with E-state index in [0.717, 1.165) is 28.8 Å². The Balaban J connectivity index is 1.94. The van der Waals surface area contributed by atoms with Gasteiger partial charge in [-0.1, -0.05) is 30.7 Å². The summed E-state index contributed by atoms with van der Waals surface area (Å²) in [6, 6.07) is 13.7. The zero-order valence-electron chi connectivity index (χ0n) is 12.1. The summed E-state index contributed by atoms with van der Waals surface area (Å²) in [5.41, 5.74) is 2.92. The highest BCUT2D eigenvalue weighted by atomic mass is 35.5. The first kappa shape index (κ1) is 14.0. The van der Waals surface area contributed by atoms with E-state index < -0.39 is 0 Å². The number of aromatic nitrogens is 2. The van der Waals surface area contributed by atoms with Crippen molar-refractivity contribution in [3.63, 3.8) is 0 Å². The fourth-order valence-electron chi connectivity index (χ4n) is 2.13. The van der Waals surface area contributed by atoms with Crippen LogP contribution in [-0.4, -0.2) is 16.1 Å². The third-order valence-electron chi connectivity index (χ3n) is 3.50. The standard InChI is InChI=1S/C17H17ClN2O/c1-3-11(2)21-16-9-8-12(10-13(16)18)17-19-14-6-4-5-7-15(14)20-17/h4-11H,3H2,1-2H3,(H,19,20). The number of para-hydroxylation sites is 2. The zero-order chi connectivity index (χ0) is 14.8. The van der Waals surface area contributed by atoms with Crippen molar-refractivity contribution in [1.82, 2.24) is 9.97 Å². The lowest BCUT2D eigenvalue weighted by atomic mass is 10.2. The molecule has 3 nitrogen and oxygen atoms in total. The number of halogens is 1. The Hall–Kier alpha value is -2.00. The summed E-state index contributed by atoms with van der Waals surface area (Å²) in [5.74, 6) is 1.53. The third-order valence-corrected chi connectivity index (χ3v) is 3.79. The van der Waals surface area contributed by atoms with Gasteiger partial charge in [-0.2, -0.15) is 0 Å². The molecule has 2 aromatic carbocycles. The number of aromatic amines is 1. The molecular formula is C17H17ClN2O. The molecule has 0 amide bonds. The van der Waals surface area contributed by atoms with Gasteiger partial charge in [0.15, 0.2) is 0 Å². The monoisotopic (exact) mass is 300 g/mol. The molecule has 0 bridgehead atoms. The summed E-state index contributed by atoms with van der Waals surface area (Å²) in [6.45, 7) is 4.12. The molecule has 0 saturated carbocycles. The average Bonchev–Trinajstić information content (AvgIpc) is 2.93. The molecule has 1 unspecified atom stereocenters. The highest BCUT2D eigenvalue weighted by Gasteiger charge is 2.10. The van der Waals surface area contributed by atoms with Crippen LogP contribution in [0.4, 0.5) is 0 Å². The molecule has 0 spiro atoms. The molecule has 0 aliphatic rings. The van der Waals surface area contributed by atoms with E-state index in [-0.39, 0.29) is 6.10 Å². The van der Waals surface area contributed by atoms with Crippen LogP contribution in [0.15, 0.2) is 42.5 Å². The van der Waals surface area contributed by atoms with Crippen LogP contribution >= 0.6 is 11.6 Å². The Kier molecular flexibility index (Phi) is 3.84. The average molecular weight is 301 g/mol. The van der Waals surface area contributed by atoms with Crippen molar-refractivity contribution in [3.05, 3.63) is 47.5 Å². The number of rotatable bonds is 4. The van der Waals surface area contributed by atoms with Crippen LogP contribution < -0.4 is 4.74 Å². The van der Waals surface area contributed by atoms with Gasteiger partial charge >= 0.3 is 0 Å². The van der Waals surface area contributed by atoms with Crippen LogP contribution in [0.1, 0.15) is 20.3 Å². The number of H-pyrrole nitrogens is 1. The van der Waals surface area contributed by atoms with Crippen molar-refractivity contribution in [3.8, 4) is 17.1 Å². The minimum atomic E-state index is 0.152. The van der Waals surface area contributed by atoms with Crippen molar-refractivity contribution < 1.29 is 4.74 Å². The Morgan fingerprint density at radius 1 is 1.24 bits per heavy atom. The molecule has 0 saturated heterocycles. The quantitative estimate of drug-likeness (QED) is 0.731. The number of nitrogens with one attached hydrogen (secondary N) is 1. The van der Waals surface area contributed by atoms with Crippen LogP contribution in [0.2, 0.25) is 5.02 Å². The first-order chi connectivity index (χ1) is 10.2. The first-order valence-electron chi connectivity index (χ1n) is 7.08. The van der Waals surface area contributed by atoms with Crippen LogP contribution in [-0.2, 0) is 0 Å². The maximum absolute atomic E-state index is 6.31. The number of nitrogens with zero attached hydrogens (tertiary/aromatic N) is 1. The van der Waals surface area contributed by atoms with E-state index in [4.69, 9.17) is 16.3 Å². The van der Waals surface area contributed by atoms with Gasteiger partial charge in [0.2, 0.25) is 0 Å². The maximum atomic E-state index is 6.31. The minimum absolute atomic E-state index is 0.152.